The largest absolute Gasteiger partial charge is 0.490 e. The molecule has 2 aromatic rings. The van der Waals surface area contributed by atoms with Gasteiger partial charge < -0.3 is 10.5 Å². The number of nitrogens with two attached hydrogens (primary N) is 1. The number of para-hydroxylation sites is 1. The molecular formula is C15H19FN2OS. The number of hydrogen-bond donors (Lipinski definition) is 1. The molecule has 0 fully saturated rings. The Labute approximate surface area is 122 Å². The van der Waals surface area contributed by atoms with E-state index in [1.54, 1.807) is 29.5 Å². The SMILES string of the molecule is Cc1nc(CCOc2ccccc2F)sc1C(C)(C)N. The van der Waals surface area contributed by atoms with E-state index in [0.29, 0.717) is 13.0 Å². The highest BCUT2D eigenvalue weighted by molar-refractivity contribution is 7.11. The Balaban J connectivity index is 1.97. The standard InChI is InChI=1S/C15H19FN2OS/c1-10-14(15(2,3)17)20-13(18-10)8-9-19-12-7-5-4-6-11(12)16/h4-7H,8-9,17H2,1-3H3. The molecule has 0 atom stereocenters. The zero-order valence-corrected chi connectivity index (χ0v) is 12.8. The number of aryl methyl sites for hydroxylation is 1. The van der Waals surface area contributed by atoms with Crippen molar-refractivity contribution in [2.24, 2.45) is 5.73 Å². The number of aromatic nitrogens is 1. The maximum Gasteiger partial charge on any atom is 0.165 e. The maximum atomic E-state index is 13.4. The summed E-state index contributed by atoms with van der Waals surface area (Å²) in [6.07, 6.45) is 0.649. The molecule has 1 aromatic carbocycles. The Bertz CT molecular complexity index is 590. The topological polar surface area (TPSA) is 48.1 Å². The third-order valence-corrected chi connectivity index (χ3v) is 4.39. The molecule has 2 rings (SSSR count). The smallest absolute Gasteiger partial charge is 0.165 e. The molecule has 5 heteroatoms. The molecule has 1 heterocycles. The van der Waals surface area contributed by atoms with Crippen LogP contribution in [0.5, 0.6) is 5.75 Å². The van der Waals surface area contributed by atoms with Gasteiger partial charge in [-0.05, 0) is 32.9 Å². The van der Waals surface area contributed by atoms with E-state index in [1.165, 1.54) is 6.07 Å². The number of ether oxygens (including phenoxy) is 1. The Morgan fingerprint density at radius 3 is 2.65 bits per heavy atom. The van der Waals surface area contributed by atoms with Gasteiger partial charge in [0.2, 0.25) is 0 Å². The molecule has 0 saturated heterocycles. The lowest BCUT2D eigenvalue weighted by atomic mass is 10.0. The molecule has 3 nitrogen and oxygen atoms in total. The Hall–Kier alpha value is -1.46. The van der Waals surface area contributed by atoms with E-state index in [2.05, 4.69) is 4.98 Å². The van der Waals surface area contributed by atoms with Crippen molar-refractivity contribution >= 4 is 11.3 Å². The van der Waals surface area contributed by atoms with E-state index in [4.69, 9.17) is 10.5 Å². The fourth-order valence-corrected chi connectivity index (χ4v) is 3.03. The average molecular weight is 294 g/mol. The minimum atomic E-state index is -0.383. The van der Waals surface area contributed by atoms with Crippen LogP contribution in [0.2, 0.25) is 0 Å². The molecule has 0 aliphatic rings. The van der Waals surface area contributed by atoms with Gasteiger partial charge in [0.15, 0.2) is 11.6 Å². The lowest BCUT2D eigenvalue weighted by Gasteiger charge is -2.16. The Kier molecular flexibility index (Phi) is 4.40. The van der Waals surface area contributed by atoms with E-state index < -0.39 is 0 Å². The maximum absolute atomic E-state index is 13.4. The van der Waals surface area contributed by atoms with Gasteiger partial charge in [0, 0.05) is 16.8 Å². The van der Waals surface area contributed by atoms with Crippen LogP contribution in [0.1, 0.15) is 29.4 Å². The van der Waals surface area contributed by atoms with Crippen molar-refractivity contribution in [1.82, 2.24) is 4.98 Å². The van der Waals surface area contributed by atoms with E-state index in [9.17, 15) is 4.39 Å². The van der Waals surface area contributed by atoms with Crippen LogP contribution in [-0.2, 0) is 12.0 Å². The van der Waals surface area contributed by atoms with Gasteiger partial charge >= 0.3 is 0 Å². The quantitative estimate of drug-likeness (QED) is 0.919. The first-order valence-electron chi connectivity index (χ1n) is 6.51. The molecule has 20 heavy (non-hydrogen) atoms. The van der Waals surface area contributed by atoms with Gasteiger partial charge in [0.1, 0.15) is 0 Å². The van der Waals surface area contributed by atoms with Crippen LogP contribution in [0.25, 0.3) is 0 Å². The molecule has 1 aromatic heterocycles. The fourth-order valence-electron chi connectivity index (χ4n) is 1.97. The van der Waals surface area contributed by atoms with Gasteiger partial charge in [-0.25, -0.2) is 9.37 Å². The molecule has 0 aliphatic carbocycles. The van der Waals surface area contributed by atoms with Gasteiger partial charge in [-0.2, -0.15) is 0 Å². The summed E-state index contributed by atoms with van der Waals surface area (Å²) in [6, 6.07) is 6.40. The summed E-state index contributed by atoms with van der Waals surface area (Å²) in [5.41, 5.74) is 6.68. The molecule has 0 aliphatic heterocycles. The summed E-state index contributed by atoms with van der Waals surface area (Å²) in [7, 11) is 0. The Morgan fingerprint density at radius 1 is 1.35 bits per heavy atom. The number of benzene rings is 1. The predicted molar refractivity (Wildman–Crippen MR) is 79.7 cm³/mol. The van der Waals surface area contributed by atoms with Gasteiger partial charge in [-0.3, -0.25) is 0 Å². The highest BCUT2D eigenvalue weighted by atomic mass is 32.1. The highest BCUT2D eigenvalue weighted by Gasteiger charge is 2.21. The van der Waals surface area contributed by atoms with E-state index >= 15 is 0 Å². The first-order valence-corrected chi connectivity index (χ1v) is 7.32. The van der Waals surface area contributed by atoms with Crippen LogP contribution in [0.4, 0.5) is 4.39 Å². The second-order valence-corrected chi connectivity index (χ2v) is 6.36. The van der Waals surface area contributed by atoms with Crippen LogP contribution >= 0.6 is 11.3 Å². The molecule has 0 unspecified atom stereocenters. The molecule has 0 radical (unpaired) electrons. The first-order chi connectivity index (χ1) is 9.38. The fraction of sp³-hybridized carbons (Fsp3) is 0.400. The summed E-state index contributed by atoms with van der Waals surface area (Å²) in [5, 5.41) is 0.965. The number of hydrogen-bond acceptors (Lipinski definition) is 4. The number of nitrogens with zero attached hydrogens (tertiary/aromatic N) is 1. The highest BCUT2D eigenvalue weighted by Crippen LogP contribution is 2.28. The molecular weight excluding hydrogens is 275 g/mol. The monoisotopic (exact) mass is 294 g/mol. The van der Waals surface area contributed by atoms with Crippen LogP contribution < -0.4 is 10.5 Å². The van der Waals surface area contributed by atoms with Crippen LogP contribution in [0, 0.1) is 12.7 Å². The normalized spacial score (nSPS) is 11.7. The molecule has 108 valence electrons. The third kappa shape index (κ3) is 3.55. The van der Waals surface area contributed by atoms with Crippen molar-refractivity contribution < 1.29 is 9.13 Å². The lowest BCUT2D eigenvalue weighted by Crippen LogP contribution is -2.28. The van der Waals surface area contributed by atoms with Gasteiger partial charge in [0.25, 0.3) is 0 Å². The summed E-state index contributed by atoms with van der Waals surface area (Å²) in [4.78, 5) is 5.58. The van der Waals surface area contributed by atoms with Gasteiger partial charge in [-0.1, -0.05) is 12.1 Å². The third-order valence-electron chi connectivity index (χ3n) is 2.84. The zero-order valence-electron chi connectivity index (χ0n) is 11.9. The van der Waals surface area contributed by atoms with Crippen molar-refractivity contribution in [3.8, 4) is 5.75 Å². The second kappa shape index (κ2) is 5.89. The minimum Gasteiger partial charge on any atom is -0.490 e. The predicted octanol–water partition coefficient (Wildman–Crippen LogP) is 3.41. The number of halogens is 1. The summed E-state index contributed by atoms with van der Waals surface area (Å²) >= 11 is 1.60. The van der Waals surface area contributed by atoms with Crippen molar-refractivity contribution in [3.63, 3.8) is 0 Å². The van der Waals surface area contributed by atoms with Crippen molar-refractivity contribution in [3.05, 3.63) is 45.7 Å². The molecule has 0 bridgehead atoms. The Morgan fingerprint density at radius 2 is 2.05 bits per heavy atom. The minimum absolute atomic E-state index is 0.278. The second-order valence-electron chi connectivity index (χ2n) is 5.27. The van der Waals surface area contributed by atoms with Crippen molar-refractivity contribution in [2.75, 3.05) is 6.61 Å². The van der Waals surface area contributed by atoms with E-state index in [1.807, 2.05) is 20.8 Å². The van der Waals surface area contributed by atoms with Crippen LogP contribution in [0.3, 0.4) is 0 Å². The zero-order chi connectivity index (χ0) is 14.8. The molecule has 0 saturated carbocycles. The summed E-state index contributed by atoms with van der Waals surface area (Å²) in [5.74, 6) is -0.0632. The summed E-state index contributed by atoms with van der Waals surface area (Å²) in [6.45, 7) is 6.29. The average Bonchev–Trinajstić information content (AvgIpc) is 2.73. The number of thiazole rings is 1. The number of rotatable bonds is 5. The van der Waals surface area contributed by atoms with Gasteiger partial charge in [-0.15, -0.1) is 11.3 Å². The van der Waals surface area contributed by atoms with Crippen molar-refractivity contribution in [2.45, 2.75) is 32.7 Å². The van der Waals surface area contributed by atoms with E-state index in [0.717, 1.165) is 15.6 Å². The van der Waals surface area contributed by atoms with Crippen LogP contribution in [-0.4, -0.2) is 11.6 Å². The molecule has 0 amide bonds. The molecule has 0 spiro atoms. The lowest BCUT2D eigenvalue weighted by molar-refractivity contribution is 0.305. The summed E-state index contributed by atoms with van der Waals surface area (Å²) < 4.78 is 18.8. The molecule has 2 N–H and O–H groups in total. The van der Waals surface area contributed by atoms with Crippen molar-refractivity contribution in [1.29, 1.82) is 0 Å². The van der Waals surface area contributed by atoms with Crippen LogP contribution in [0.15, 0.2) is 24.3 Å². The van der Waals surface area contributed by atoms with Gasteiger partial charge in [0.05, 0.1) is 17.3 Å². The first kappa shape index (κ1) is 14.9. The van der Waals surface area contributed by atoms with E-state index in [-0.39, 0.29) is 17.1 Å².